The Labute approximate surface area is 316 Å². The molecule has 12 atom stereocenters. The van der Waals surface area contributed by atoms with Crippen LogP contribution in [0.5, 0.6) is 0 Å². The summed E-state index contributed by atoms with van der Waals surface area (Å²) >= 11 is 0. The van der Waals surface area contributed by atoms with E-state index >= 15 is 0 Å². The van der Waals surface area contributed by atoms with Crippen molar-refractivity contribution in [2.75, 3.05) is 24.7 Å². The van der Waals surface area contributed by atoms with Crippen molar-refractivity contribution in [1.29, 1.82) is 0 Å². The Morgan fingerprint density at radius 2 is 0.965 bits per heavy atom. The van der Waals surface area contributed by atoms with Crippen molar-refractivity contribution in [2.24, 2.45) is 0 Å². The smallest absolute Gasteiger partial charge is 0.442 e. The molecular formula is C20H28BN10O21P5-. The van der Waals surface area contributed by atoms with Crippen molar-refractivity contribution in [1.82, 2.24) is 39.0 Å². The molecule has 0 amide bonds. The monoisotopic (exact) mass is 910 g/mol. The maximum Gasteiger partial charge on any atom is 0.485 e. The number of ether oxygens (including phenoxy) is 2. The third-order valence-corrected chi connectivity index (χ3v) is 15.4. The summed E-state index contributed by atoms with van der Waals surface area (Å²) in [7, 11) is -25.0. The molecule has 3 radical (unpaired) electrons. The van der Waals surface area contributed by atoms with E-state index in [0.717, 1.165) is 34.4 Å². The van der Waals surface area contributed by atoms with Gasteiger partial charge in [0.2, 0.25) is 0 Å². The topological polar surface area (TPSA) is 460 Å². The molecular weight excluding hydrogens is 882 g/mol. The molecule has 12 N–H and O–H groups in total. The Morgan fingerprint density at radius 3 is 1.33 bits per heavy atom. The van der Waals surface area contributed by atoms with Crippen LogP contribution >= 0.6 is 38.8 Å². The molecule has 2 saturated heterocycles. The molecule has 6 heterocycles. The van der Waals surface area contributed by atoms with Gasteiger partial charge in [-0.25, -0.2) is 56.8 Å². The first kappa shape index (κ1) is 43.8. The van der Waals surface area contributed by atoms with E-state index in [1.165, 1.54) is 0 Å². The zero-order valence-corrected chi connectivity index (χ0v) is 32.2. The minimum atomic E-state index is -6.21. The van der Waals surface area contributed by atoms with E-state index in [1.54, 1.807) is 0 Å². The van der Waals surface area contributed by atoms with Crippen LogP contribution in [-0.2, 0) is 58.6 Å². The van der Waals surface area contributed by atoms with Crippen LogP contribution in [0.15, 0.2) is 25.3 Å². The summed E-state index contributed by atoms with van der Waals surface area (Å²) in [5.41, 5.74) is 11.8. The Kier molecular flexibility index (Phi) is 12.3. The molecule has 2 aliphatic rings. The lowest BCUT2D eigenvalue weighted by molar-refractivity contribution is -0.0503. The number of aliphatic hydroxyl groups excluding tert-OH is 4. The summed E-state index contributed by atoms with van der Waals surface area (Å²) in [6.07, 6.45) is -8.84. The highest BCUT2D eigenvalue weighted by Crippen LogP contribution is 2.73. The number of phosphoric ester groups is 2. The Morgan fingerprint density at radius 1 is 0.596 bits per heavy atom. The van der Waals surface area contributed by atoms with Crippen molar-refractivity contribution < 1.29 is 98.6 Å². The zero-order chi connectivity index (χ0) is 41.9. The molecule has 0 aromatic carbocycles. The number of aliphatic hydroxyl groups is 4. The number of phosphoric acid groups is 4. The summed E-state index contributed by atoms with van der Waals surface area (Å²) in [6.45, 7) is -2.27. The summed E-state index contributed by atoms with van der Waals surface area (Å²) in [5.74, 6) is -0.0592. The van der Waals surface area contributed by atoms with Gasteiger partial charge in [-0.15, -0.1) is 0 Å². The third kappa shape index (κ3) is 9.85. The van der Waals surface area contributed by atoms with Gasteiger partial charge in [-0.3, -0.25) is 18.2 Å². The van der Waals surface area contributed by atoms with Gasteiger partial charge in [-0.05, 0) is 0 Å². The number of hydrogen-bond acceptors (Lipinski definition) is 25. The van der Waals surface area contributed by atoms with Gasteiger partial charge in [-0.2, -0.15) is 8.62 Å². The van der Waals surface area contributed by atoms with Gasteiger partial charge in [0, 0.05) is 0 Å². The second kappa shape index (κ2) is 16.0. The zero-order valence-electron chi connectivity index (χ0n) is 27.8. The maximum atomic E-state index is 12.5. The second-order valence-electron chi connectivity index (χ2n) is 11.6. The first-order valence-corrected chi connectivity index (χ1v) is 22.7. The molecule has 6 rings (SSSR count). The third-order valence-electron chi connectivity index (χ3n) is 7.65. The van der Waals surface area contributed by atoms with E-state index in [2.05, 4.69) is 56.2 Å². The minimum absolute atomic E-state index is 0.0296. The number of nitrogens with zero attached hydrogens (tertiary/aromatic N) is 8. The maximum absolute atomic E-state index is 12.5. The molecule has 31 nitrogen and oxygen atoms in total. The van der Waals surface area contributed by atoms with Crippen molar-refractivity contribution in [2.45, 2.75) is 49.1 Å². The van der Waals surface area contributed by atoms with Crippen LogP contribution in [-0.4, -0.2) is 136 Å². The van der Waals surface area contributed by atoms with E-state index in [4.69, 9.17) is 28.5 Å². The van der Waals surface area contributed by atoms with Gasteiger partial charge in [0.05, 0.1) is 33.3 Å². The summed E-state index contributed by atoms with van der Waals surface area (Å²) in [4.78, 5) is 63.1. The number of imidazole rings is 2. The number of fused-ring (bicyclic) bond motifs is 2. The first-order valence-electron chi connectivity index (χ1n) is 15.1. The van der Waals surface area contributed by atoms with Crippen LogP contribution in [0.1, 0.15) is 12.5 Å². The molecule has 0 bridgehead atoms. The van der Waals surface area contributed by atoms with E-state index in [1.807, 2.05) is 0 Å². The van der Waals surface area contributed by atoms with E-state index in [9.17, 15) is 62.8 Å². The van der Waals surface area contributed by atoms with Crippen molar-refractivity contribution in [3.05, 3.63) is 25.3 Å². The average molecular weight is 910 g/mol. The highest BCUT2D eigenvalue weighted by molar-refractivity contribution is 7.87. The van der Waals surface area contributed by atoms with E-state index in [0.29, 0.717) is 0 Å². The highest BCUT2D eigenvalue weighted by Gasteiger charge is 2.48. The number of rotatable bonds is 16. The van der Waals surface area contributed by atoms with Crippen LogP contribution in [0.25, 0.3) is 22.3 Å². The van der Waals surface area contributed by atoms with Crippen molar-refractivity contribution in [3.63, 3.8) is 0 Å². The molecule has 4 aromatic heterocycles. The summed E-state index contributed by atoms with van der Waals surface area (Å²) in [5, 5.41) is 41.8. The van der Waals surface area contributed by atoms with Gasteiger partial charge in [0.25, 0.3) is 0 Å². The van der Waals surface area contributed by atoms with Gasteiger partial charge >= 0.3 is 31.3 Å². The minimum Gasteiger partial charge on any atom is -0.442 e. The SMILES string of the molecule is [B-]P(=O)(OP(=O)(O)OP(=O)(O)OC[C@H]1O[C@@H](n2cnc3c(N)ncnc32)[C@H](O)[C@@H]1O)OP(=O)(O)OP(=O)(O)OC[C@H]1O[C@@H](n2cnc3c(N)ncnc32)[C@H](O)[C@@H]1O. The molecule has 2 fully saturated rings. The molecule has 313 valence electrons. The number of nitrogen functional groups attached to an aromatic ring is 2. The first-order chi connectivity index (χ1) is 26.4. The molecule has 4 aromatic rings. The molecule has 0 saturated carbocycles. The number of aromatic nitrogens is 8. The fourth-order valence-corrected chi connectivity index (χ4v) is 11.9. The Balaban J connectivity index is 1.00. The predicted molar refractivity (Wildman–Crippen MR) is 180 cm³/mol. The lowest BCUT2D eigenvalue weighted by Gasteiger charge is -2.29. The number of nitrogens with two attached hydrogens (primary N) is 2. The summed E-state index contributed by atoms with van der Waals surface area (Å²) in [6, 6.07) is 0. The molecule has 57 heavy (non-hydrogen) atoms. The second-order valence-corrected chi connectivity index (χ2v) is 19.5. The fourth-order valence-electron chi connectivity index (χ4n) is 5.28. The standard InChI is InChI=1S/C20H28BN10O21P5/c21-53(36,49-56(41,42)51-54(37,38)45-1-7-11(32)13(34)19(47-7)30-5-28-9-15(22)24-3-26-17(9)30)50-57(43,44)52-55(39,40)46-2-8-12(33)14(35)20(48-8)31-6-29-10-16(23)25-4-27-18(10)31/h3-8,11-14,19-20,32-35H,1-2H2,(H,37,38)(H,39,40)(H,41,42)(H,43,44)(H2,22,24,26)(H2,23,25,27)/q-1/t7-,8-,11-,12-,13-,14-,19-,20-/m1/s1. The Bertz CT molecular complexity index is 2230. The van der Waals surface area contributed by atoms with Crippen LogP contribution < -0.4 is 11.5 Å². The largest absolute Gasteiger partial charge is 0.485 e. The molecule has 0 aliphatic carbocycles. The quantitative estimate of drug-likeness (QED) is 0.0423. The lowest BCUT2D eigenvalue weighted by atomic mass is 10.1. The predicted octanol–water partition coefficient (Wildman–Crippen LogP) is -2.15. The van der Waals surface area contributed by atoms with Crippen LogP contribution in [0, 0.1) is 0 Å². The molecule has 0 spiro atoms. The van der Waals surface area contributed by atoms with Crippen molar-refractivity contribution >= 4 is 80.3 Å². The van der Waals surface area contributed by atoms with E-state index < -0.39 is 101 Å². The number of anilines is 2. The van der Waals surface area contributed by atoms with Crippen LogP contribution in [0.2, 0.25) is 0 Å². The van der Waals surface area contributed by atoms with E-state index in [-0.39, 0.29) is 34.0 Å². The average Bonchev–Trinajstić information content (AvgIpc) is 3.83. The van der Waals surface area contributed by atoms with Crippen molar-refractivity contribution in [3.8, 4) is 0 Å². The summed E-state index contributed by atoms with van der Waals surface area (Å²) < 4.78 is 100. The van der Waals surface area contributed by atoms with Crippen LogP contribution in [0.4, 0.5) is 11.6 Å². The highest BCUT2D eigenvalue weighted by atomic mass is 31.3. The molecule has 4 unspecified atom stereocenters. The fraction of sp³-hybridized carbons (Fsp3) is 0.500. The number of hydrogen-bond donors (Lipinski definition) is 10. The van der Waals surface area contributed by atoms with Gasteiger partial charge < -0.3 is 73.1 Å². The Hall–Kier alpha value is -2.73. The van der Waals surface area contributed by atoms with Crippen LogP contribution in [0.3, 0.4) is 0 Å². The molecule has 37 heteroatoms. The normalized spacial score (nSPS) is 30.8. The van der Waals surface area contributed by atoms with Gasteiger partial charge in [0.15, 0.2) is 35.4 Å². The van der Waals surface area contributed by atoms with Gasteiger partial charge in [-0.1, -0.05) is 0 Å². The van der Waals surface area contributed by atoms with Gasteiger partial charge in [0.1, 0.15) is 60.3 Å². The lowest BCUT2D eigenvalue weighted by Crippen LogP contribution is -2.33. The molecule has 2 aliphatic heterocycles.